The van der Waals surface area contributed by atoms with E-state index in [-0.39, 0.29) is 17.3 Å². The van der Waals surface area contributed by atoms with Crippen LogP contribution in [0.1, 0.15) is 5.56 Å². The van der Waals surface area contributed by atoms with Crippen LogP contribution in [0.25, 0.3) is 17.1 Å². The van der Waals surface area contributed by atoms with Gasteiger partial charge in [-0.05, 0) is 12.1 Å². The van der Waals surface area contributed by atoms with Gasteiger partial charge < -0.3 is 0 Å². The van der Waals surface area contributed by atoms with E-state index < -0.39 is 4.92 Å². The number of rotatable bonds is 8. The molecule has 0 aliphatic heterocycles. The van der Waals surface area contributed by atoms with Crippen LogP contribution in [0.3, 0.4) is 0 Å². The molecule has 0 spiro atoms. The SMILES string of the molecule is O=C(CSc1nnc(-c2ccccc2)n1-c1ccccc1)N/N=C/c1cccc([N+](=O)[O-])c1. The average Bonchev–Trinajstić information content (AvgIpc) is 3.28. The fourth-order valence-corrected chi connectivity index (χ4v) is 3.75. The van der Waals surface area contributed by atoms with E-state index >= 15 is 0 Å². The van der Waals surface area contributed by atoms with Gasteiger partial charge in [-0.3, -0.25) is 19.5 Å². The Hall–Kier alpha value is -4.31. The maximum absolute atomic E-state index is 12.3. The Morgan fingerprint density at radius 2 is 1.76 bits per heavy atom. The van der Waals surface area contributed by atoms with E-state index in [0.717, 1.165) is 11.3 Å². The molecule has 0 radical (unpaired) electrons. The molecule has 0 saturated carbocycles. The molecule has 4 rings (SSSR count). The molecule has 9 nitrogen and oxygen atoms in total. The minimum absolute atomic E-state index is 0.0460. The van der Waals surface area contributed by atoms with Gasteiger partial charge >= 0.3 is 0 Å². The standard InChI is InChI=1S/C23H18N6O3S/c30-21(25-24-15-17-8-7-13-20(14-17)29(31)32)16-33-23-27-26-22(18-9-3-1-4-10-18)28(23)19-11-5-2-6-12-19/h1-15H,16H2,(H,25,30)/b24-15+. The van der Waals surface area contributed by atoms with Gasteiger partial charge in [0, 0.05) is 28.9 Å². The Bertz CT molecular complexity index is 1290. The summed E-state index contributed by atoms with van der Waals surface area (Å²) in [5.41, 5.74) is 4.68. The second kappa shape index (κ2) is 10.3. The summed E-state index contributed by atoms with van der Waals surface area (Å²) in [5.74, 6) is 0.394. The highest BCUT2D eigenvalue weighted by molar-refractivity contribution is 7.99. The van der Waals surface area contributed by atoms with E-state index in [2.05, 4.69) is 20.7 Å². The van der Waals surface area contributed by atoms with Crippen molar-refractivity contribution in [2.24, 2.45) is 5.10 Å². The summed E-state index contributed by atoms with van der Waals surface area (Å²) in [6.07, 6.45) is 1.36. The number of hydrazone groups is 1. The number of aromatic nitrogens is 3. The molecule has 33 heavy (non-hydrogen) atoms. The quantitative estimate of drug-likeness (QED) is 0.184. The van der Waals surface area contributed by atoms with Gasteiger partial charge in [0.25, 0.3) is 11.6 Å². The van der Waals surface area contributed by atoms with Gasteiger partial charge in [-0.1, -0.05) is 72.4 Å². The van der Waals surface area contributed by atoms with Crippen LogP contribution in [-0.2, 0) is 4.79 Å². The lowest BCUT2D eigenvalue weighted by molar-refractivity contribution is -0.384. The molecular weight excluding hydrogens is 440 g/mol. The molecule has 0 fully saturated rings. The summed E-state index contributed by atoms with van der Waals surface area (Å²) in [6.45, 7) is 0. The third kappa shape index (κ3) is 5.49. The molecule has 0 saturated heterocycles. The topological polar surface area (TPSA) is 115 Å². The van der Waals surface area contributed by atoms with Crippen LogP contribution in [0.5, 0.6) is 0 Å². The monoisotopic (exact) mass is 458 g/mol. The van der Waals surface area contributed by atoms with Gasteiger partial charge in [0.05, 0.1) is 16.9 Å². The van der Waals surface area contributed by atoms with Crippen LogP contribution in [0.15, 0.2) is 95.2 Å². The predicted octanol–water partition coefficient (Wildman–Crippen LogP) is 4.08. The summed E-state index contributed by atoms with van der Waals surface area (Å²) in [6, 6.07) is 25.3. The van der Waals surface area contributed by atoms with Crippen molar-refractivity contribution >= 4 is 29.6 Å². The number of thioether (sulfide) groups is 1. The predicted molar refractivity (Wildman–Crippen MR) is 126 cm³/mol. The number of hydrogen-bond acceptors (Lipinski definition) is 7. The third-order valence-corrected chi connectivity index (χ3v) is 5.42. The van der Waals surface area contributed by atoms with E-state index in [0.29, 0.717) is 16.5 Å². The lowest BCUT2D eigenvalue weighted by atomic mass is 10.2. The Balaban J connectivity index is 1.46. The van der Waals surface area contributed by atoms with Crippen molar-refractivity contribution in [3.63, 3.8) is 0 Å². The third-order valence-electron chi connectivity index (χ3n) is 4.50. The van der Waals surface area contributed by atoms with Crippen LogP contribution in [-0.4, -0.2) is 37.6 Å². The number of para-hydroxylation sites is 1. The Kier molecular flexibility index (Phi) is 6.86. The maximum Gasteiger partial charge on any atom is 0.270 e. The van der Waals surface area contributed by atoms with E-state index in [1.165, 1.54) is 30.1 Å². The van der Waals surface area contributed by atoms with E-state index in [9.17, 15) is 14.9 Å². The number of amides is 1. The highest BCUT2D eigenvalue weighted by Gasteiger charge is 2.17. The number of carbonyl (C=O) groups is 1. The zero-order chi connectivity index (χ0) is 23.0. The second-order valence-corrected chi connectivity index (χ2v) is 7.72. The van der Waals surface area contributed by atoms with Crippen molar-refractivity contribution in [3.05, 3.63) is 101 Å². The number of non-ortho nitro benzene ring substituents is 1. The minimum Gasteiger partial charge on any atom is -0.272 e. The summed E-state index contributed by atoms with van der Waals surface area (Å²) in [7, 11) is 0. The van der Waals surface area contributed by atoms with Crippen molar-refractivity contribution in [3.8, 4) is 17.1 Å². The molecule has 1 amide bonds. The van der Waals surface area contributed by atoms with Gasteiger partial charge in [-0.2, -0.15) is 5.10 Å². The largest absolute Gasteiger partial charge is 0.272 e. The average molecular weight is 459 g/mol. The normalized spacial score (nSPS) is 10.9. The molecule has 1 aromatic heterocycles. The molecule has 1 heterocycles. The molecule has 10 heteroatoms. The Morgan fingerprint density at radius 1 is 1.03 bits per heavy atom. The molecule has 1 N–H and O–H groups in total. The van der Waals surface area contributed by atoms with Crippen LogP contribution < -0.4 is 5.43 Å². The number of benzene rings is 3. The number of nitrogens with zero attached hydrogens (tertiary/aromatic N) is 5. The first kappa shape index (κ1) is 21.9. The van der Waals surface area contributed by atoms with Gasteiger partial charge in [-0.15, -0.1) is 10.2 Å². The van der Waals surface area contributed by atoms with Crippen molar-refractivity contribution in [2.45, 2.75) is 5.16 Å². The van der Waals surface area contributed by atoms with Crippen molar-refractivity contribution in [1.82, 2.24) is 20.2 Å². The van der Waals surface area contributed by atoms with Crippen LogP contribution in [0.4, 0.5) is 5.69 Å². The fourth-order valence-electron chi connectivity index (χ4n) is 3.01. The van der Waals surface area contributed by atoms with Crippen molar-refractivity contribution in [2.75, 3.05) is 5.75 Å². The number of nitrogens with one attached hydrogen (secondary N) is 1. The van der Waals surface area contributed by atoms with Crippen molar-refractivity contribution in [1.29, 1.82) is 0 Å². The number of carbonyl (C=O) groups excluding carboxylic acids is 1. The zero-order valence-electron chi connectivity index (χ0n) is 17.2. The second-order valence-electron chi connectivity index (χ2n) is 6.78. The van der Waals surface area contributed by atoms with Gasteiger partial charge in [-0.25, -0.2) is 5.43 Å². The van der Waals surface area contributed by atoms with Crippen LogP contribution in [0.2, 0.25) is 0 Å². The van der Waals surface area contributed by atoms with Gasteiger partial charge in [0.15, 0.2) is 11.0 Å². The van der Waals surface area contributed by atoms with E-state index in [1.54, 1.807) is 12.1 Å². The Morgan fingerprint density at radius 3 is 2.48 bits per heavy atom. The number of hydrogen-bond donors (Lipinski definition) is 1. The smallest absolute Gasteiger partial charge is 0.270 e. The summed E-state index contributed by atoms with van der Waals surface area (Å²) in [5, 5.41) is 23.9. The van der Waals surface area contributed by atoms with E-state index in [4.69, 9.17) is 0 Å². The van der Waals surface area contributed by atoms with Crippen molar-refractivity contribution < 1.29 is 9.72 Å². The van der Waals surface area contributed by atoms with E-state index in [1.807, 2.05) is 65.2 Å². The molecule has 0 aliphatic carbocycles. The molecule has 164 valence electrons. The lowest BCUT2D eigenvalue weighted by Gasteiger charge is -2.10. The highest BCUT2D eigenvalue weighted by Crippen LogP contribution is 2.27. The zero-order valence-corrected chi connectivity index (χ0v) is 18.1. The molecule has 0 unspecified atom stereocenters. The summed E-state index contributed by atoms with van der Waals surface area (Å²) in [4.78, 5) is 22.7. The highest BCUT2D eigenvalue weighted by atomic mass is 32.2. The van der Waals surface area contributed by atoms with Gasteiger partial charge in [0.2, 0.25) is 0 Å². The molecule has 0 atom stereocenters. The number of nitro groups is 1. The lowest BCUT2D eigenvalue weighted by Crippen LogP contribution is -2.20. The summed E-state index contributed by atoms with van der Waals surface area (Å²) >= 11 is 1.23. The first-order chi connectivity index (χ1) is 16.1. The Labute approximate surface area is 193 Å². The first-order valence-electron chi connectivity index (χ1n) is 9.87. The minimum atomic E-state index is -0.487. The summed E-state index contributed by atoms with van der Waals surface area (Å²) < 4.78 is 1.90. The van der Waals surface area contributed by atoms with Crippen LogP contribution in [0, 0.1) is 10.1 Å². The van der Waals surface area contributed by atoms with Crippen LogP contribution >= 0.6 is 11.8 Å². The maximum atomic E-state index is 12.3. The number of nitro benzene ring substituents is 1. The molecular formula is C23H18N6O3S. The molecule has 0 aliphatic rings. The molecule has 4 aromatic rings. The molecule has 3 aromatic carbocycles. The fraction of sp³-hybridized carbons (Fsp3) is 0.0435. The van der Waals surface area contributed by atoms with Gasteiger partial charge in [0.1, 0.15) is 0 Å². The molecule has 0 bridgehead atoms. The first-order valence-corrected chi connectivity index (χ1v) is 10.9.